The summed E-state index contributed by atoms with van der Waals surface area (Å²) in [6.45, 7) is 1.97. The van der Waals surface area contributed by atoms with Crippen molar-refractivity contribution in [3.63, 3.8) is 0 Å². The number of carbonyl (C=O) groups excluding carboxylic acids is 1. The summed E-state index contributed by atoms with van der Waals surface area (Å²) in [4.78, 5) is 13.4. The lowest BCUT2D eigenvalue weighted by molar-refractivity contribution is -0.0404. The smallest absolute Gasteiger partial charge is 0.183 e. The first-order valence-corrected chi connectivity index (χ1v) is 15.3. The van der Waals surface area contributed by atoms with Gasteiger partial charge in [-0.1, -0.05) is 59.8 Å². The van der Waals surface area contributed by atoms with E-state index in [1.54, 1.807) is 16.8 Å². The Balaban J connectivity index is 1.14. The Kier molecular flexibility index (Phi) is 7.64. The number of unbranched alkanes of at least 4 members (excludes halogenated alkanes) is 2. The maximum Gasteiger partial charge on any atom is 0.183 e. The quantitative estimate of drug-likeness (QED) is 0.190. The number of Topliss-reactive ketones (excluding diaryl/α,β-unsaturated/α-hetero) is 1. The molecule has 0 amide bonds. The molecule has 2 aromatic carbocycles. The van der Waals surface area contributed by atoms with Gasteiger partial charge in [0.1, 0.15) is 5.69 Å². The van der Waals surface area contributed by atoms with E-state index in [0.29, 0.717) is 32.9 Å². The van der Waals surface area contributed by atoms with Crippen molar-refractivity contribution in [2.24, 2.45) is 29.6 Å². The highest BCUT2D eigenvalue weighted by Crippen LogP contribution is 2.57. The Morgan fingerprint density at radius 2 is 1.53 bits per heavy atom. The Morgan fingerprint density at radius 1 is 0.868 bits per heavy atom. The van der Waals surface area contributed by atoms with Crippen molar-refractivity contribution >= 4 is 40.6 Å². The second kappa shape index (κ2) is 11.0. The van der Waals surface area contributed by atoms with Crippen LogP contribution in [0.25, 0.3) is 16.9 Å². The molecule has 0 aliphatic heterocycles. The maximum atomic E-state index is 13.4. The van der Waals surface area contributed by atoms with Crippen LogP contribution in [-0.4, -0.2) is 15.6 Å². The lowest BCUT2D eigenvalue weighted by atomic mass is 9.51. The van der Waals surface area contributed by atoms with Gasteiger partial charge in [0.2, 0.25) is 0 Å². The highest BCUT2D eigenvalue weighted by Gasteiger charge is 2.47. The van der Waals surface area contributed by atoms with Crippen LogP contribution in [0.15, 0.2) is 42.5 Å². The summed E-state index contributed by atoms with van der Waals surface area (Å²) in [5, 5.41) is 6.50. The van der Waals surface area contributed by atoms with E-state index in [-0.39, 0.29) is 5.78 Å². The number of ketones is 1. The normalized spacial score (nSPS) is 25.7. The van der Waals surface area contributed by atoms with Crippen LogP contribution in [0.3, 0.4) is 0 Å². The molecule has 4 bridgehead atoms. The van der Waals surface area contributed by atoms with Gasteiger partial charge >= 0.3 is 0 Å². The molecule has 4 aliphatic carbocycles. The van der Waals surface area contributed by atoms with E-state index in [1.807, 2.05) is 37.3 Å². The number of benzene rings is 2. The second-order valence-electron chi connectivity index (χ2n) is 12.0. The van der Waals surface area contributed by atoms with Crippen molar-refractivity contribution in [2.45, 2.75) is 71.1 Å². The van der Waals surface area contributed by atoms with E-state index in [9.17, 15) is 4.79 Å². The lowest BCUT2D eigenvalue weighted by Gasteiger charge is -2.54. The zero-order valence-electron chi connectivity index (χ0n) is 21.9. The number of halogens is 3. The van der Waals surface area contributed by atoms with E-state index in [1.165, 1.54) is 44.9 Å². The number of rotatable bonds is 9. The molecule has 0 radical (unpaired) electrons. The van der Waals surface area contributed by atoms with Crippen LogP contribution in [0.2, 0.25) is 15.1 Å². The predicted octanol–water partition coefficient (Wildman–Crippen LogP) is 10.0. The Labute approximate surface area is 240 Å². The van der Waals surface area contributed by atoms with Crippen LogP contribution in [0.4, 0.5) is 0 Å². The van der Waals surface area contributed by atoms with Gasteiger partial charge in [-0.2, -0.15) is 5.10 Å². The molecule has 0 unspecified atom stereocenters. The van der Waals surface area contributed by atoms with E-state index in [2.05, 4.69) is 0 Å². The SMILES string of the molecule is Cc1c(C(=O)CCCCCC2C3CC4CC(C3)CC2C4)nn(-c2ccc(Cl)cc2Cl)c1-c1ccc(Cl)cc1. The third kappa shape index (κ3) is 5.19. The summed E-state index contributed by atoms with van der Waals surface area (Å²) in [6, 6.07) is 12.9. The molecule has 200 valence electrons. The Morgan fingerprint density at radius 3 is 2.18 bits per heavy atom. The minimum atomic E-state index is 0.0937. The molecule has 7 rings (SSSR count). The van der Waals surface area contributed by atoms with Crippen molar-refractivity contribution in [1.29, 1.82) is 0 Å². The monoisotopic (exact) mass is 568 g/mol. The number of nitrogens with zero attached hydrogens (tertiary/aromatic N) is 2. The summed E-state index contributed by atoms with van der Waals surface area (Å²) >= 11 is 18.9. The van der Waals surface area contributed by atoms with Gasteiger partial charge in [-0.15, -0.1) is 0 Å². The van der Waals surface area contributed by atoms with E-state index < -0.39 is 0 Å². The highest BCUT2D eigenvalue weighted by atomic mass is 35.5. The fraction of sp³-hybridized carbons (Fsp3) is 0.500. The molecule has 4 saturated carbocycles. The molecule has 3 nitrogen and oxygen atoms in total. The highest BCUT2D eigenvalue weighted by molar-refractivity contribution is 6.35. The summed E-state index contributed by atoms with van der Waals surface area (Å²) in [7, 11) is 0. The van der Waals surface area contributed by atoms with Gasteiger partial charge in [-0.05, 0) is 112 Å². The summed E-state index contributed by atoms with van der Waals surface area (Å²) in [5.74, 6) is 5.10. The molecule has 3 aromatic rings. The molecule has 1 aromatic heterocycles. The van der Waals surface area contributed by atoms with Gasteiger partial charge in [0.05, 0.1) is 16.4 Å². The van der Waals surface area contributed by atoms with Crippen LogP contribution in [0.1, 0.15) is 80.3 Å². The second-order valence-corrected chi connectivity index (χ2v) is 13.2. The number of hydrogen-bond donors (Lipinski definition) is 0. The molecular weight excluding hydrogens is 535 g/mol. The average Bonchev–Trinajstić information content (AvgIpc) is 3.22. The summed E-state index contributed by atoms with van der Waals surface area (Å²) in [5.41, 5.74) is 3.84. The van der Waals surface area contributed by atoms with Gasteiger partial charge < -0.3 is 0 Å². The molecule has 0 N–H and O–H groups in total. The Hall–Kier alpha value is -1.81. The fourth-order valence-electron chi connectivity index (χ4n) is 8.00. The van der Waals surface area contributed by atoms with Gasteiger partial charge in [0.25, 0.3) is 0 Å². The predicted molar refractivity (Wildman–Crippen MR) is 157 cm³/mol. The first-order chi connectivity index (χ1) is 18.4. The molecule has 0 spiro atoms. The van der Waals surface area contributed by atoms with E-state index in [4.69, 9.17) is 39.9 Å². The van der Waals surface area contributed by atoms with Crippen LogP contribution in [0, 0.1) is 36.5 Å². The molecule has 0 atom stereocenters. The van der Waals surface area contributed by atoms with Crippen LogP contribution in [0.5, 0.6) is 0 Å². The number of carbonyl (C=O) groups is 1. The molecule has 6 heteroatoms. The van der Waals surface area contributed by atoms with Crippen molar-refractivity contribution in [2.75, 3.05) is 0 Å². The van der Waals surface area contributed by atoms with Crippen LogP contribution in [-0.2, 0) is 0 Å². The molecular formula is C32H35Cl3N2O. The van der Waals surface area contributed by atoms with Crippen LogP contribution < -0.4 is 0 Å². The third-order valence-corrected chi connectivity index (χ3v) is 10.3. The first kappa shape index (κ1) is 26.4. The zero-order valence-corrected chi connectivity index (χ0v) is 24.2. The zero-order chi connectivity index (χ0) is 26.4. The Bertz CT molecular complexity index is 1300. The fourth-order valence-corrected chi connectivity index (χ4v) is 8.62. The summed E-state index contributed by atoms with van der Waals surface area (Å²) < 4.78 is 1.77. The van der Waals surface area contributed by atoms with Crippen molar-refractivity contribution in [1.82, 2.24) is 9.78 Å². The van der Waals surface area contributed by atoms with Crippen LogP contribution >= 0.6 is 34.8 Å². The largest absolute Gasteiger partial charge is 0.292 e. The summed E-state index contributed by atoms with van der Waals surface area (Å²) in [6.07, 6.45) is 12.6. The van der Waals surface area contributed by atoms with E-state index >= 15 is 0 Å². The lowest BCUT2D eigenvalue weighted by Crippen LogP contribution is -2.44. The van der Waals surface area contributed by atoms with Gasteiger partial charge in [0, 0.05) is 27.6 Å². The molecule has 0 saturated heterocycles. The van der Waals surface area contributed by atoms with Gasteiger partial charge in [0.15, 0.2) is 5.78 Å². The topological polar surface area (TPSA) is 34.9 Å². The van der Waals surface area contributed by atoms with E-state index in [0.717, 1.165) is 59.3 Å². The standard InChI is InChI=1S/C32H35Cl3N2O/c1-19-31(30(38)6-4-2-3-5-27-23-14-20-13-21(16-23)17-24(27)15-20)36-37(29-12-11-26(34)18-28(29)35)32(19)22-7-9-25(33)10-8-22/h7-12,18,20-21,23-24,27H,2-6,13-17H2,1H3. The van der Waals surface area contributed by atoms with Gasteiger partial charge in [-0.25, -0.2) is 4.68 Å². The molecule has 38 heavy (non-hydrogen) atoms. The molecule has 1 heterocycles. The molecule has 4 fully saturated rings. The minimum Gasteiger partial charge on any atom is -0.292 e. The number of hydrogen-bond acceptors (Lipinski definition) is 2. The average molecular weight is 570 g/mol. The van der Waals surface area contributed by atoms with Crippen molar-refractivity contribution in [3.05, 3.63) is 68.8 Å². The third-order valence-electron chi connectivity index (χ3n) is 9.51. The maximum absolute atomic E-state index is 13.4. The number of aromatic nitrogens is 2. The molecule has 4 aliphatic rings. The minimum absolute atomic E-state index is 0.0937. The first-order valence-electron chi connectivity index (χ1n) is 14.2. The van der Waals surface area contributed by atoms with Gasteiger partial charge in [-0.3, -0.25) is 4.79 Å². The van der Waals surface area contributed by atoms with Crippen molar-refractivity contribution in [3.8, 4) is 16.9 Å². The van der Waals surface area contributed by atoms with Crippen molar-refractivity contribution < 1.29 is 4.79 Å².